The zero-order valence-corrected chi connectivity index (χ0v) is 15.7. The lowest BCUT2D eigenvalue weighted by Crippen LogP contribution is -2.51. The number of fused-ring (bicyclic) bond motifs is 3. The molecule has 2 bridgehead atoms. The Morgan fingerprint density at radius 2 is 1.84 bits per heavy atom. The summed E-state index contributed by atoms with van der Waals surface area (Å²) < 4.78 is 11.2. The molecule has 6 heteroatoms. The standard InChI is InChI=1S/C19H35N3O3/c1-24-18-14-21(12-8-16(18)20)9-4-2-3-5-19(23)25-17-13-22-10-6-15(17)7-11-22/h15-18H,2-14,20H2,1H3/t16?,17?,18-/m0/s1. The quantitative estimate of drug-likeness (QED) is 0.523. The first-order valence-electron chi connectivity index (χ1n) is 10.1. The van der Waals surface area contributed by atoms with E-state index in [9.17, 15) is 4.79 Å². The summed E-state index contributed by atoms with van der Waals surface area (Å²) in [4.78, 5) is 16.9. The fourth-order valence-corrected chi connectivity index (χ4v) is 4.50. The van der Waals surface area contributed by atoms with Crippen molar-refractivity contribution in [2.45, 2.75) is 63.2 Å². The minimum absolute atomic E-state index is 0.00198. The van der Waals surface area contributed by atoms with Crippen molar-refractivity contribution in [3.8, 4) is 0 Å². The summed E-state index contributed by atoms with van der Waals surface area (Å²) in [7, 11) is 1.74. The topological polar surface area (TPSA) is 68.0 Å². The van der Waals surface area contributed by atoms with Crippen LogP contribution < -0.4 is 5.73 Å². The number of carbonyl (C=O) groups is 1. The van der Waals surface area contributed by atoms with Gasteiger partial charge in [-0.2, -0.15) is 0 Å². The highest BCUT2D eigenvalue weighted by Gasteiger charge is 2.36. The third-order valence-electron chi connectivity index (χ3n) is 6.23. The molecule has 4 aliphatic heterocycles. The fourth-order valence-electron chi connectivity index (χ4n) is 4.50. The van der Waals surface area contributed by atoms with Crippen molar-refractivity contribution in [2.75, 3.05) is 46.4 Å². The number of hydrogen-bond donors (Lipinski definition) is 1. The summed E-state index contributed by atoms with van der Waals surface area (Å²) in [6.45, 7) is 6.38. The highest BCUT2D eigenvalue weighted by atomic mass is 16.5. The molecule has 144 valence electrons. The summed E-state index contributed by atoms with van der Waals surface area (Å²) in [5.74, 6) is 0.607. The van der Waals surface area contributed by atoms with E-state index in [0.717, 1.165) is 51.9 Å². The molecule has 0 aromatic rings. The molecule has 0 radical (unpaired) electrons. The molecule has 4 fully saturated rings. The molecule has 0 aliphatic carbocycles. The Morgan fingerprint density at radius 3 is 2.52 bits per heavy atom. The second-order valence-corrected chi connectivity index (χ2v) is 8.00. The van der Waals surface area contributed by atoms with Gasteiger partial charge >= 0.3 is 5.97 Å². The first kappa shape index (κ1) is 19.1. The third-order valence-corrected chi connectivity index (χ3v) is 6.23. The number of rotatable bonds is 8. The van der Waals surface area contributed by atoms with E-state index in [1.54, 1.807) is 7.11 Å². The predicted octanol–water partition coefficient (Wildman–Crippen LogP) is 1.23. The lowest BCUT2D eigenvalue weighted by Gasteiger charge is -2.43. The van der Waals surface area contributed by atoms with E-state index in [1.165, 1.54) is 25.9 Å². The smallest absolute Gasteiger partial charge is 0.306 e. The summed E-state index contributed by atoms with van der Waals surface area (Å²) in [5.41, 5.74) is 6.05. The van der Waals surface area contributed by atoms with Gasteiger partial charge in [-0.1, -0.05) is 6.42 Å². The van der Waals surface area contributed by atoms with Crippen molar-refractivity contribution in [3.63, 3.8) is 0 Å². The number of piperidine rings is 4. The highest BCUT2D eigenvalue weighted by molar-refractivity contribution is 5.69. The van der Waals surface area contributed by atoms with Gasteiger partial charge < -0.3 is 20.1 Å². The van der Waals surface area contributed by atoms with Crippen LogP contribution in [0.3, 0.4) is 0 Å². The number of carbonyl (C=O) groups excluding carboxylic acids is 1. The average Bonchev–Trinajstić information content (AvgIpc) is 2.63. The highest BCUT2D eigenvalue weighted by Crippen LogP contribution is 2.29. The van der Waals surface area contributed by atoms with E-state index in [0.29, 0.717) is 12.3 Å². The number of esters is 1. The molecule has 2 unspecified atom stereocenters. The van der Waals surface area contributed by atoms with Gasteiger partial charge in [0.2, 0.25) is 0 Å². The molecule has 2 N–H and O–H groups in total. The molecule has 4 heterocycles. The van der Waals surface area contributed by atoms with Crippen LogP contribution in [-0.4, -0.2) is 80.4 Å². The first-order chi connectivity index (χ1) is 12.2. The zero-order valence-electron chi connectivity index (χ0n) is 15.7. The van der Waals surface area contributed by atoms with Gasteiger partial charge in [-0.15, -0.1) is 0 Å². The van der Waals surface area contributed by atoms with E-state index >= 15 is 0 Å². The molecular formula is C19H35N3O3. The molecule has 3 atom stereocenters. The van der Waals surface area contributed by atoms with Crippen LogP contribution in [0.15, 0.2) is 0 Å². The number of ether oxygens (including phenoxy) is 2. The third kappa shape index (κ3) is 5.39. The van der Waals surface area contributed by atoms with Gasteiger partial charge in [0, 0.05) is 32.7 Å². The molecule has 0 spiro atoms. The van der Waals surface area contributed by atoms with Gasteiger partial charge in [0.25, 0.3) is 0 Å². The Morgan fingerprint density at radius 1 is 1.04 bits per heavy atom. The van der Waals surface area contributed by atoms with Gasteiger partial charge in [0.15, 0.2) is 0 Å². The minimum atomic E-state index is 0.00198. The van der Waals surface area contributed by atoms with Crippen LogP contribution >= 0.6 is 0 Å². The van der Waals surface area contributed by atoms with Crippen molar-refractivity contribution < 1.29 is 14.3 Å². The van der Waals surface area contributed by atoms with Crippen LogP contribution in [0, 0.1) is 5.92 Å². The lowest BCUT2D eigenvalue weighted by molar-refractivity contribution is -0.158. The molecular weight excluding hydrogens is 318 g/mol. The van der Waals surface area contributed by atoms with E-state index in [1.807, 2.05) is 0 Å². The summed E-state index contributed by atoms with van der Waals surface area (Å²) in [6.07, 6.45) is 7.40. The van der Waals surface area contributed by atoms with Gasteiger partial charge in [0.1, 0.15) is 6.10 Å². The van der Waals surface area contributed by atoms with Crippen LogP contribution in [0.2, 0.25) is 0 Å². The zero-order chi connectivity index (χ0) is 17.6. The van der Waals surface area contributed by atoms with Gasteiger partial charge in [0.05, 0.1) is 6.10 Å². The largest absolute Gasteiger partial charge is 0.461 e. The van der Waals surface area contributed by atoms with Crippen molar-refractivity contribution in [3.05, 3.63) is 0 Å². The molecule has 4 rings (SSSR count). The Labute approximate surface area is 152 Å². The van der Waals surface area contributed by atoms with Crippen LogP contribution in [-0.2, 0) is 14.3 Å². The molecule has 0 aromatic carbocycles. The van der Waals surface area contributed by atoms with Gasteiger partial charge in [-0.25, -0.2) is 0 Å². The van der Waals surface area contributed by atoms with Crippen LogP contribution in [0.5, 0.6) is 0 Å². The van der Waals surface area contributed by atoms with E-state index in [2.05, 4.69) is 9.80 Å². The maximum absolute atomic E-state index is 12.1. The van der Waals surface area contributed by atoms with Crippen LogP contribution in [0.4, 0.5) is 0 Å². The number of likely N-dealkylation sites (tertiary alicyclic amines) is 1. The number of methoxy groups -OCH3 is 1. The van der Waals surface area contributed by atoms with Crippen LogP contribution in [0.25, 0.3) is 0 Å². The average molecular weight is 354 g/mol. The van der Waals surface area contributed by atoms with Crippen molar-refractivity contribution >= 4 is 5.97 Å². The normalized spacial score (nSPS) is 35.7. The number of hydrogen-bond acceptors (Lipinski definition) is 6. The van der Waals surface area contributed by atoms with Crippen LogP contribution in [0.1, 0.15) is 44.9 Å². The molecule has 25 heavy (non-hydrogen) atoms. The van der Waals surface area contributed by atoms with E-state index in [-0.39, 0.29) is 24.2 Å². The molecule has 4 saturated heterocycles. The first-order valence-corrected chi connectivity index (χ1v) is 10.1. The van der Waals surface area contributed by atoms with Gasteiger partial charge in [-0.3, -0.25) is 9.69 Å². The lowest BCUT2D eigenvalue weighted by atomic mass is 9.86. The van der Waals surface area contributed by atoms with Gasteiger partial charge in [-0.05, 0) is 64.2 Å². The SMILES string of the molecule is CO[C@H]1CN(CCCCCC(=O)OC2CN3CCC2CC3)CCC1N. The second kappa shape index (κ2) is 9.31. The Balaban J connectivity index is 1.24. The number of unbranched alkanes of at least 4 members (excludes halogenated alkanes) is 2. The minimum Gasteiger partial charge on any atom is -0.461 e. The van der Waals surface area contributed by atoms with E-state index in [4.69, 9.17) is 15.2 Å². The fraction of sp³-hybridized carbons (Fsp3) is 0.947. The molecule has 4 aliphatic rings. The Hall–Kier alpha value is -0.690. The maximum atomic E-state index is 12.1. The van der Waals surface area contributed by atoms with Crippen molar-refractivity contribution in [1.82, 2.24) is 9.80 Å². The molecule has 0 aromatic heterocycles. The molecule has 0 amide bonds. The Kier molecular flexibility index (Phi) is 7.10. The predicted molar refractivity (Wildman–Crippen MR) is 97.3 cm³/mol. The van der Waals surface area contributed by atoms with Crippen molar-refractivity contribution in [1.29, 1.82) is 0 Å². The number of nitrogens with two attached hydrogens (primary N) is 1. The molecule has 0 saturated carbocycles. The van der Waals surface area contributed by atoms with E-state index < -0.39 is 0 Å². The van der Waals surface area contributed by atoms with Crippen molar-refractivity contribution in [2.24, 2.45) is 11.7 Å². The summed E-state index contributed by atoms with van der Waals surface area (Å²) in [6, 6.07) is 0.169. The molecule has 6 nitrogen and oxygen atoms in total. The monoisotopic (exact) mass is 353 g/mol. The summed E-state index contributed by atoms with van der Waals surface area (Å²) >= 11 is 0. The Bertz CT molecular complexity index is 426. The second-order valence-electron chi connectivity index (χ2n) is 8.00. The number of nitrogens with zero attached hydrogens (tertiary/aromatic N) is 2. The summed E-state index contributed by atoms with van der Waals surface area (Å²) in [5, 5.41) is 0. The maximum Gasteiger partial charge on any atom is 0.306 e.